The third-order valence-electron chi connectivity index (χ3n) is 2.95. The van der Waals surface area contributed by atoms with Crippen LogP contribution in [0.5, 0.6) is 0 Å². The first kappa shape index (κ1) is 12.4. The van der Waals surface area contributed by atoms with Crippen molar-refractivity contribution in [1.29, 1.82) is 0 Å². The van der Waals surface area contributed by atoms with Gasteiger partial charge in [0.05, 0.1) is 4.47 Å². The van der Waals surface area contributed by atoms with Crippen LogP contribution in [-0.2, 0) is 5.75 Å². The Bertz CT molecular complexity index is 397. The predicted octanol–water partition coefficient (Wildman–Crippen LogP) is 3.87. The molecule has 0 spiro atoms. The number of hydrogen-bond donors (Lipinski definition) is 1. The van der Waals surface area contributed by atoms with Crippen LogP contribution in [0, 0.1) is 5.82 Å². The Morgan fingerprint density at radius 2 is 2.31 bits per heavy atom. The smallest absolute Gasteiger partial charge is 0.137 e. The minimum Gasteiger partial charge on any atom is -0.309 e. The number of halogens is 2. The van der Waals surface area contributed by atoms with E-state index in [4.69, 9.17) is 0 Å². The number of hydrogen-bond acceptors (Lipinski definition) is 2. The molecule has 0 radical (unpaired) electrons. The molecule has 1 nitrogen and oxygen atoms in total. The predicted molar refractivity (Wildman–Crippen MR) is 71.3 cm³/mol. The molecule has 1 aliphatic rings. The van der Waals surface area contributed by atoms with Crippen LogP contribution in [0.3, 0.4) is 0 Å². The van der Waals surface area contributed by atoms with E-state index in [0.717, 1.165) is 17.9 Å². The van der Waals surface area contributed by atoms with Gasteiger partial charge in [0, 0.05) is 17.0 Å². The Morgan fingerprint density at radius 1 is 1.56 bits per heavy atom. The monoisotopic (exact) mass is 303 g/mol. The zero-order valence-corrected chi connectivity index (χ0v) is 11.8. The van der Waals surface area contributed by atoms with E-state index in [2.05, 4.69) is 35.1 Å². The first-order chi connectivity index (χ1) is 7.65. The molecular formula is C12H15BrFNS. The van der Waals surface area contributed by atoms with Crippen LogP contribution in [0.2, 0.25) is 0 Å². The van der Waals surface area contributed by atoms with Crippen molar-refractivity contribution < 1.29 is 4.39 Å². The van der Waals surface area contributed by atoms with Gasteiger partial charge >= 0.3 is 0 Å². The highest BCUT2D eigenvalue weighted by atomic mass is 79.9. The lowest BCUT2D eigenvalue weighted by atomic mass is 9.98. The van der Waals surface area contributed by atoms with Gasteiger partial charge < -0.3 is 5.32 Å². The Kier molecular flexibility index (Phi) is 3.93. The van der Waals surface area contributed by atoms with Gasteiger partial charge in [0.1, 0.15) is 5.82 Å². The molecule has 0 saturated carbocycles. The summed E-state index contributed by atoms with van der Waals surface area (Å²) < 4.78 is 14.1. The highest BCUT2D eigenvalue weighted by Crippen LogP contribution is 2.41. The minimum absolute atomic E-state index is 0.163. The highest BCUT2D eigenvalue weighted by molar-refractivity contribution is 9.10. The van der Waals surface area contributed by atoms with E-state index >= 15 is 0 Å². The van der Waals surface area contributed by atoms with E-state index in [1.54, 1.807) is 6.07 Å². The van der Waals surface area contributed by atoms with Crippen molar-refractivity contribution in [3.63, 3.8) is 0 Å². The maximum absolute atomic E-state index is 13.4. The molecule has 1 N–H and O–H groups in total. The molecule has 0 aliphatic carbocycles. The van der Waals surface area contributed by atoms with E-state index in [1.165, 1.54) is 5.56 Å². The number of nitrogens with one attached hydrogen (secondary N) is 1. The number of rotatable bonds is 2. The van der Waals surface area contributed by atoms with E-state index < -0.39 is 0 Å². The van der Waals surface area contributed by atoms with Gasteiger partial charge in [-0.1, -0.05) is 19.9 Å². The largest absolute Gasteiger partial charge is 0.309 e. The van der Waals surface area contributed by atoms with Gasteiger partial charge in [-0.25, -0.2) is 4.39 Å². The highest BCUT2D eigenvalue weighted by Gasteiger charge is 2.28. The average Bonchev–Trinajstić information content (AvgIpc) is 2.27. The summed E-state index contributed by atoms with van der Waals surface area (Å²) in [4.78, 5) is 0. The van der Waals surface area contributed by atoms with Crippen molar-refractivity contribution in [3.8, 4) is 0 Å². The zero-order chi connectivity index (χ0) is 11.7. The molecule has 0 saturated heterocycles. The summed E-state index contributed by atoms with van der Waals surface area (Å²) in [6, 6.07) is 3.80. The molecular weight excluding hydrogens is 289 g/mol. The van der Waals surface area contributed by atoms with Gasteiger partial charge in [0.15, 0.2) is 0 Å². The third-order valence-corrected chi connectivity index (χ3v) is 5.06. The van der Waals surface area contributed by atoms with E-state index in [0.29, 0.717) is 15.8 Å². The van der Waals surface area contributed by atoms with Gasteiger partial charge in [-0.3, -0.25) is 0 Å². The van der Waals surface area contributed by atoms with Crippen molar-refractivity contribution in [2.24, 2.45) is 0 Å². The summed E-state index contributed by atoms with van der Waals surface area (Å²) in [6.45, 7) is 5.26. The average molecular weight is 304 g/mol. The Balaban J connectivity index is 2.44. The third kappa shape index (κ3) is 2.15. The fourth-order valence-corrected chi connectivity index (χ4v) is 3.97. The Hall–Kier alpha value is -0.0600. The zero-order valence-electron chi connectivity index (χ0n) is 9.39. The van der Waals surface area contributed by atoms with Gasteiger partial charge in [0.2, 0.25) is 0 Å². The molecule has 1 aromatic carbocycles. The second-order valence-corrected chi connectivity index (χ2v) is 6.14. The fourth-order valence-electron chi connectivity index (χ4n) is 2.11. The molecule has 4 heteroatoms. The minimum atomic E-state index is -0.163. The normalized spacial score (nSPS) is 24.2. The maximum Gasteiger partial charge on any atom is 0.137 e. The molecule has 1 aliphatic heterocycles. The van der Waals surface area contributed by atoms with Crippen LogP contribution in [0.25, 0.3) is 0 Å². The Morgan fingerprint density at radius 3 is 3.00 bits per heavy atom. The van der Waals surface area contributed by atoms with E-state index in [9.17, 15) is 4.39 Å². The summed E-state index contributed by atoms with van der Waals surface area (Å²) in [5.41, 5.74) is 2.34. The molecule has 2 atom stereocenters. The van der Waals surface area contributed by atoms with Crippen LogP contribution in [-0.4, -0.2) is 11.8 Å². The van der Waals surface area contributed by atoms with Crippen LogP contribution in [0.15, 0.2) is 16.6 Å². The molecule has 0 aromatic heterocycles. The number of benzene rings is 1. The van der Waals surface area contributed by atoms with Crippen LogP contribution >= 0.6 is 27.7 Å². The summed E-state index contributed by atoms with van der Waals surface area (Å²) in [5, 5.41) is 4.01. The van der Waals surface area contributed by atoms with Gasteiger partial charge in [-0.05, 0) is 39.7 Å². The first-order valence-electron chi connectivity index (χ1n) is 5.47. The molecule has 88 valence electrons. The van der Waals surface area contributed by atoms with Crippen molar-refractivity contribution in [3.05, 3.63) is 33.5 Å². The molecule has 0 bridgehead atoms. The molecule has 2 rings (SSSR count). The second kappa shape index (κ2) is 5.07. The lowest BCUT2D eigenvalue weighted by molar-refractivity contribution is 0.535. The number of fused-ring (bicyclic) bond motifs is 1. The summed E-state index contributed by atoms with van der Waals surface area (Å²) in [5.74, 6) is 0.723. The molecule has 16 heavy (non-hydrogen) atoms. The maximum atomic E-state index is 13.4. The van der Waals surface area contributed by atoms with Crippen LogP contribution in [0.4, 0.5) is 4.39 Å². The molecule has 1 heterocycles. The van der Waals surface area contributed by atoms with E-state index in [-0.39, 0.29) is 5.82 Å². The molecule has 2 unspecified atom stereocenters. The number of thioether (sulfide) groups is 1. The van der Waals surface area contributed by atoms with Gasteiger partial charge in [0.25, 0.3) is 0 Å². The summed E-state index contributed by atoms with van der Waals surface area (Å²) in [6.07, 6.45) is 0. The molecule has 1 aromatic rings. The topological polar surface area (TPSA) is 12.0 Å². The molecule has 0 fully saturated rings. The lowest BCUT2D eigenvalue weighted by Gasteiger charge is -2.32. The lowest BCUT2D eigenvalue weighted by Crippen LogP contribution is -2.32. The van der Waals surface area contributed by atoms with Gasteiger partial charge in [-0.15, -0.1) is 0 Å². The second-order valence-electron chi connectivity index (χ2n) is 3.98. The van der Waals surface area contributed by atoms with Crippen molar-refractivity contribution in [1.82, 2.24) is 5.32 Å². The van der Waals surface area contributed by atoms with Crippen LogP contribution < -0.4 is 5.32 Å². The van der Waals surface area contributed by atoms with Crippen molar-refractivity contribution >= 4 is 27.7 Å². The Labute approximate surface area is 108 Å². The summed E-state index contributed by atoms with van der Waals surface area (Å²) in [7, 11) is 0. The SMILES string of the molecule is CCNC1c2ccc(F)c(Br)c2CSC1C. The van der Waals surface area contributed by atoms with E-state index in [1.807, 2.05) is 17.8 Å². The van der Waals surface area contributed by atoms with Gasteiger partial charge in [-0.2, -0.15) is 11.8 Å². The first-order valence-corrected chi connectivity index (χ1v) is 7.31. The standard InChI is InChI=1S/C12H15BrFNS/c1-3-15-12-7(2)16-6-9-8(12)4-5-10(14)11(9)13/h4-5,7,12,15H,3,6H2,1-2H3. The van der Waals surface area contributed by atoms with Crippen LogP contribution in [0.1, 0.15) is 31.0 Å². The fraction of sp³-hybridized carbons (Fsp3) is 0.500. The summed E-state index contributed by atoms with van der Waals surface area (Å²) >= 11 is 5.22. The molecule has 0 amide bonds. The van der Waals surface area contributed by atoms with Crippen molar-refractivity contribution in [2.45, 2.75) is 30.9 Å². The van der Waals surface area contributed by atoms with Crippen molar-refractivity contribution in [2.75, 3.05) is 6.54 Å². The quantitative estimate of drug-likeness (QED) is 0.890.